The van der Waals surface area contributed by atoms with E-state index in [1.54, 1.807) is 14.2 Å². The van der Waals surface area contributed by atoms with Crippen molar-refractivity contribution in [2.75, 3.05) is 14.2 Å². The molecule has 2 aromatic heterocycles. The van der Waals surface area contributed by atoms with Gasteiger partial charge in [0.25, 0.3) is 0 Å². The minimum atomic E-state index is 0.736. The zero-order valence-corrected chi connectivity index (χ0v) is 23.2. The molecule has 0 fully saturated rings. The van der Waals surface area contributed by atoms with Gasteiger partial charge in [0.05, 0.1) is 31.3 Å². The monoisotopic (exact) mass is 527 g/mol. The molecule has 5 nitrogen and oxygen atoms in total. The first-order valence-corrected chi connectivity index (χ1v) is 13.7. The number of nitrogens with zero attached hydrogens (tertiary/aromatic N) is 3. The SMILES string of the molecule is CCc1ccc(-c2cn3c(-c4ccccc4)c(-c4ccccc4)nc3n2CCc2ccc(OC)c(OC)c2)cc1. The average Bonchev–Trinajstić information content (AvgIpc) is 3.57. The van der Waals surface area contributed by atoms with Crippen LogP contribution in [0.2, 0.25) is 0 Å². The number of aromatic nitrogens is 3. The van der Waals surface area contributed by atoms with E-state index in [4.69, 9.17) is 14.5 Å². The predicted molar refractivity (Wildman–Crippen MR) is 162 cm³/mol. The summed E-state index contributed by atoms with van der Waals surface area (Å²) in [5.74, 6) is 2.40. The Morgan fingerprint density at radius 2 is 1.32 bits per heavy atom. The topological polar surface area (TPSA) is 40.7 Å². The smallest absolute Gasteiger partial charge is 0.215 e. The highest BCUT2D eigenvalue weighted by Gasteiger charge is 2.22. The third-order valence-electron chi connectivity index (χ3n) is 7.50. The van der Waals surface area contributed by atoms with E-state index in [1.807, 2.05) is 12.1 Å². The van der Waals surface area contributed by atoms with Gasteiger partial charge in [0.2, 0.25) is 5.78 Å². The van der Waals surface area contributed by atoms with E-state index < -0.39 is 0 Å². The first kappa shape index (κ1) is 25.5. The average molecular weight is 528 g/mol. The van der Waals surface area contributed by atoms with E-state index in [0.29, 0.717) is 0 Å². The second-order valence-electron chi connectivity index (χ2n) is 9.87. The Balaban J connectivity index is 1.52. The molecule has 40 heavy (non-hydrogen) atoms. The molecule has 2 heterocycles. The molecule has 200 valence electrons. The molecule has 0 spiro atoms. The summed E-state index contributed by atoms with van der Waals surface area (Å²) in [6.45, 7) is 2.95. The number of benzene rings is 4. The highest BCUT2D eigenvalue weighted by Crippen LogP contribution is 2.36. The van der Waals surface area contributed by atoms with Gasteiger partial charge in [0.1, 0.15) is 0 Å². The third kappa shape index (κ3) is 4.75. The molecule has 0 N–H and O–H groups in total. The van der Waals surface area contributed by atoms with Crippen molar-refractivity contribution in [2.24, 2.45) is 0 Å². The molecule has 0 aliphatic heterocycles. The zero-order chi connectivity index (χ0) is 27.5. The van der Waals surface area contributed by atoms with Gasteiger partial charge < -0.3 is 14.0 Å². The van der Waals surface area contributed by atoms with Crippen LogP contribution >= 0.6 is 0 Å². The molecule has 0 bridgehead atoms. The summed E-state index contributed by atoms with van der Waals surface area (Å²) in [6.07, 6.45) is 4.08. The van der Waals surface area contributed by atoms with Crippen LogP contribution in [0.15, 0.2) is 109 Å². The minimum absolute atomic E-state index is 0.736. The number of hydrogen-bond acceptors (Lipinski definition) is 3. The van der Waals surface area contributed by atoms with Gasteiger partial charge in [-0.2, -0.15) is 0 Å². The van der Waals surface area contributed by atoms with Crippen molar-refractivity contribution >= 4 is 5.78 Å². The van der Waals surface area contributed by atoms with Crippen molar-refractivity contribution in [2.45, 2.75) is 26.3 Å². The Hall–Kier alpha value is -4.77. The maximum atomic E-state index is 5.57. The first-order valence-electron chi connectivity index (χ1n) is 13.7. The Labute approximate surface area is 235 Å². The van der Waals surface area contributed by atoms with Crippen molar-refractivity contribution in [1.82, 2.24) is 14.0 Å². The lowest BCUT2D eigenvalue weighted by atomic mass is 10.0. The molecule has 0 aliphatic carbocycles. The van der Waals surface area contributed by atoms with E-state index in [2.05, 4.69) is 113 Å². The molecule has 0 amide bonds. The van der Waals surface area contributed by atoms with Gasteiger partial charge in [0, 0.05) is 23.9 Å². The van der Waals surface area contributed by atoms with Gasteiger partial charge >= 0.3 is 0 Å². The lowest BCUT2D eigenvalue weighted by molar-refractivity contribution is 0.354. The number of ether oxygens (including phenoxy) is 2. The lowest BCUT2D eigenvalue weighted by Gasteiger charge is -2.12. The van der Waals surface area contributed by atoms with Gasteiger partial charge in [-0.3, -0.25) is 4.40 Å². The van der Waals surface area contributed by atoms with Crippen molar-refractivity contribution in [1.29, 1.82) is 0 Å². The Morgan fingerprint density at radius 1 is 0.675 bits per heavy atom. The highest BCUT2D eigenvalue weighted by molar-refractivity contribution is 5.82. The summed E-state index contributed by atoms with van der Waals surface area (Å²) in [5.41, 5.74) is 9.14. The molecule has 0 atom stereocenters. The fraction of sp³-hybridized carbons (Fsp3) is 0.171. The summed E-state index contributed by atoms with van der Waals surface area (Å²) < 4.78 is 15.6. The van der Waals surface area contributed by atoms with E-state index in [-0.39, 0.29) is 0 Å². The van der Waals surface area contributed by atoms with Gasteiger partial charge in [-0.05, 0) is 41.7 Å². The summed E-state index contributed by atoms with van der Waals surface area (Å²) in [7, 11) is 3.34. The summed E-state index contributed by atoms with van der Waals surface area (Å²) in [5, 5.41) is 0. The standard InChI is InChI=1S/C35H33N3O2/c1-4-25-15-18-27(19-16-25)30-24-38-34(29-13-9-6-10-14-29)33(28-11-7-5-8-12-28)36-35(38)37(30)22-21-26-17-20-31(39-2)32(23-26)40-3/h5-20,23-24H,4,21-22H2,1-3H3. The highest BCUT2D eigenvalue weighted by atomic mass is 16.5. The molecular formula is C35H33N3O2. The fourth-order valence-electron chi connectivity index (χ4n) is 5.34. The number of imidazole rings is 2. The van der Waals surface area contributed by atoms with Crippen LogP contribution in [0.4, 0.5) is 0 Å². The molecule has 6 aromatic rings. The number of methoxy groups -OCH3 is 2. The summed E-state index contributed by atoms with van der Waals surface area (Å²) in [6, 6.07) is 36.0. The quantitative estimate of drug-likeness (QED) is 0.192. The molecule has 0 unspecified atom stereocenters. The van der Waals surface area contributed by atoms with Gasteiger partial charge in [-0.15, -0.1) is 0 Å². The molecule has 4 aromatic carbocycles. The predicted octanol–water partition coefficient (Wildman–Crippen LogP) is 7.96. The van der Waals surface area contributed by atoms with Crippen LogP contribution < -0.4 is 9.47 Å². The number of aryl methyl sites for hydroxylation is 3. The Morgan fingerprint density at radius 3 is 1.98 bits per heavy atom. The van der Waals surface area contributed by atoms with Crippen LogP contribution in [0.25, 0.3) is 39.5 Å². The second kappa shape index (κ2) is 11.1. The second-order valence-corrected chi connectivity index (χ2v) is 9.87. The van der Waals surface area contributed by atoms with Crippen LogP contribution in [0.3, 0.4) is 0 Å². The van der Waals surface area contributed by atoms with Crippen LogP contribution in [-0.2, 0) is 19.4 Å². The normalized spacial score (nSPS) is 11.2. The molecule has 6 rings (SSSR count). The lowest BCUT2D eigenvalue weighted by Crippen LogP contribution is -2.04. The van der Waals surface area contributed by atoms with Gasteiger partial charge in [-0.1, -0.05) is 97.9 Å². The zero-order valence-electron chi connectivity index (χ0n) is 23.2. The molecule has 0 aliphatic rings. The van der Waals surface area contributed by atoms with E-state index >= 15 is 0 Å². The van der Waals surface area contributed by atoms with Crippen LogP contribution in [0.5, 0.6) is 11.5 Å². The fourth-order valence-corrected chi connectivity index (χ4v) is 5.34. The third-order valence-corrected chi connectivity index (χ3v) is 7.50. The van der Waals surface area contributed by atoms with Crippen molar-refractivity contribution < 1.29 is 9.47 Å². The molecule has 0 radical (unpaired) electrons. The van der Waals surface area contributed by atoms with E-state index in [9.17, 15) is 0 Å². The van der Waals surface area contributed by atoms with Crippen molar-refractivity contribution in [3.63, 3.8) is 0 Å². The van der Waals surface area contributed by atoms with Crippen molar-refractivity contribution in [3.05, 3.63) is 120 Å². The van der Waals surface area contributed by atoms with Gasteiger partial charge in [0.15, 0.2) is 11.5 Å². The maximum Gasteiger partial charge on any atom is 0.215 e. The summed E-state index contributed by atoms with van der Waals surface area (Å²) >= 11 is 0. The molecular weight excluding hydrogens is 494 g/mol. The largest absolute Gasteiger partial charge is 0.493 e. The Kier molecular flexibility index (Phi) is 7.11. The number of fused-ring (bicyclic) bond motifs is 1. The van der Waals surface area contributed by atoms with Gasteiger partial charge in [-0.25, -0.2) is 4.98 Å². The van der Waals surface area contributed by atoms with E-state index in [1.165, 1.54) is 16.7 Å². The summed E-state index contributed by atoms with van der Waals surface area (Å²) in [4.78, 5) is 5.29. The van der Waals surface area contributed by atoms with Crippen molar-refractivity contribution in [3.8, 4) is 45.3 Å². The minimum Gasteiger partial charge on any atom is -0.493 e. The number of rotatable bonds is 9. The Bertz CT molecular complexity index is 1730. The van der Waals surface area contributed by atoms with Crippen LogP contribution in [0.1, 0.15) is 18.1 Å². The van der Waals surface area contributed by atoms with Crippen LogP contribution in [0, 0.1) is 0 Å². The van der Waals surface area contributed by atoms with E-state index in [0.717, 1.165) is 64.9 Å². The molecule has 0 saturated carbocycles. The molecule has 0 saturated heterocycles. The maximum absolute atomic E-state index is 5.57. The van der Waals surface area contributed by atoms with Crippen LogP contribution in [-0.4, -0.2) is 28.2 Å². The molecule has 5 heteroatoms. The first-order chi connectivity index (χ1) is 19.7. The number of hydrogen-bond donors (Lipinski definition) is 0.